The van der Waals surface area contributed by atoms with Gasteiger partial charge in [0, 0.05) is 12.0 Å². The number of carbonyl (C=O) groups excluding carboxylic acids is 3. The molecule has 1 fully saturated rings. The zero-order valence-electron chi connectivity index (χ0n) is 11.1. The summed E-state index contributed by atoms with van der Waals surface area (Å²) in [5.74, 6) is -1.08. The topological polar surface area (TPSA) is 84.5 Å². The monoisotopic (exact) mass is 276 g/mol. The minimum Gasteiger partial charge on any atom is -0.296 e. The van der Waals surface area contributed by atoms with E-state index in [0.717, 1.165) is 5.56 Å². The van der Waals surface area contributed by atoms with Crippen LogP contribution in [0.15, 0.2) is 24.3 Å². The Morgan fingerprint density at radius 1 is 1.35 bits per heavy atom. The molecule has 1 aromatic carbocycles. The molecule has 0 aromatic heterocycles. The Morgan fingerprint density at radius 2 is 2.05 bits per heavy atom. The van der Waals surface area contributed by atoms with Crippen LogP contribution < -0.4 is 10.8 Å². The van der Waals surface area contributed by atoms with Gasteiger partial charge in [-0.25, -0.2) is 5.48 Å². The van der Waals surface area contributed by atoms with E-state index in [1.54, 1.807) is 31.2 Å². The molecule has 106 valence electrons. The third-order valence-corrected chi connectivity index (χ3v) is 3.07. The van der Waals surface area contributed by atoms with Crippen molar-refractivity contribution in [3.05, 3.63) is 35.4 Å². The fraction of sp³-hybridized carbons (Fsp3) is 0.357. The van der Waals surface area contributed by atoms with Gasteiger partial charge in [-0.2, -0.15) is 0 Å². The summed E-state index contributed by atoms with van der Waals surface area (Å²) in [6.45, 7) is 2.17. The molecular formula is C14H16N2O4. The van der Waals surface area contributed by atoms with Gasteiger partial charge in [0.15, 0.2) is 0 Å². The summed E-state index contributed by atoms with van der Waals surface area (Å²) < 4.78 is 0. The van der Waals surface area contributed by atoms with Crippen LogP contribution in [0.4, 0.5) is 0 Å². The van der Waals surface area contributed by atoms with E-state index in [9.17, 15) is 14.4 Å². The molecule has 1 aliphatic rings. The summed E-state index contributed by atoms with van der Waals surface area (Å²) in [6.07, 6.45) is 0.719. The Balaban J connectivity index is 1.96. The molecule has 0 aliphatic carbocycles. The Hall–Kier alpha value is -2.21. The molecule has 6 nitrogen and oxygen atoms in total. The molecule has 0 unspecified atom stereocenters. The third kappa shape index (κ3) is 3.42. The molecule has 0 saturated carbocycles. The van der Waals surface area contributed by atoms with Gasteiger partial charge in [-0.05, 0) is 31.0 Å². The molecule has 6 heteroatoms. The maximum absolute atomic E-state index is 11.6. The van der Waals surface area contributed by atoms with Crippen molar-refractivity contribution in [2.45, 2.75) is 19.8 Å². The molecule has 3 amide bonds. The minimum absolute atomic E-state index is 0.228. The Kier molecular flexibility index (Phi) is 4.47. The fourth-order valence-corrected chi connectivity index (χ4v) is 2.05. The number of carbonyl (C=O) groups is 3. The van der Waals surface area contributed by atoms with Crippen molar-refractivity contribution in [2.24, 2.45) is 5.92 Å². The number of amides is 3. The highest BCUT2D eigenvalue weighted by Gasteiger charge is 2.30. The van der Waals surface area contributed by atoms with Gasteiger partial charge in [0.2, 0.25) is 11.8 Å². The second kappa shape index (κ2) is 6.29. The minimum atomic E-state index is -0.314. The molecule has 20 heavy (non-hydrogen) atoms. The number of imide groups is 1. The molecule has 0 spiro atoms. The summed E-state index contributed by atoms with van der Waals surface area (Å²) >= 11 is 0. The van der Waals surface area contributed by atoms with E-state index in [2.05, 4.69) is 10.8 Å². The maximum atomic E-state index is 11.6. The second-order valence-corrected chi connectivity index (χ2v) is 4.58. The van der Waals surface area contributed by atoms with Crippen LogP contribution >= 0.6 is 0 Å². The molecule has 2 N–H and O–H groups in total. The quantitative estimate of drug-likeness (QED) is 0.608. The van der Waals surface area contributed by atoms with Crippen molar-refractivity contribution in [3.8, 4) is 0 Å². The SMILES string of the molecule is CCONC(=O)c1ccc(C[C@H]2CC(=O)NC2=O)cc1. The van der Waals surface area contributed by atoms with Crippen molar-refractivity contribution >= 4 is 17.7 Å². The van der Waals surface area contributed by atoms with Crippen LogP contribution in [0.3, 0.4) is 0 Å². The van der Waals surface area contributed by atoms with Gasteiger partial charge < -0.3 is 0 Å². The van der Waals surface area contributed by atoms with Crippen LogP contribution in [0.25, 0.3) is 0 Å². The van der Waals surface area contributed by atoms with E-state index in [0.29, 0.717) is 18.6 Å². The number of hydroxylamine groups is 1. The first kappa shape index (κ1) is 14.2. The number of hydrogen-bond acceptors (Lipinski definition) is 4. The van der Waals surface area contributed by atoms with Crippen molar-refractivity contribution in [3.63, 3.8) is 0 Å². The lowest BCUT2D eigenvalue weighted by atomic mass is 9.97. The first-order valence-electron chi connectivity index (χ1n) is 6.45. The van der Waals surface area contributed by atoms with Crippen LogP contribution in [-0.4, -0.2) is 24.3 Å². The molecule has 1 saturated heterocycles. The highest BCUT2D eigenvalue weighted by atomic mass is 16.6. The largest absolute Gasteiger partial charge is 0.296 e. The lowest BCUT2D eigenvalue weighted by Crippen LogP contribution is -2.24. The first-order chi connectivity index (χ1) is 9.60. The van der Waals surface area contributed by atoms with Crippen LogP contribution in [0.2, 0.25) is 0 Å². The van der Waals surface area contributed by atoms with E-state index >= 15 is 0 Å². The molecule has 1 heterocycles. The zero-order valence-corrected chi connectivity index (χ0v) is 11.1. The van der Waals surface area contributed by atoms with Crippen molar-refractivity contribution in [1.82, 2.24) is 10.8 Å². The summed E-state index contributed by atoms with van der Waals surface area (Å²) in [6, 6.07) is 6.88. The molecule has 0 bridgehead atoms. The Labute approximate surface area is 116 Å². The van der Waals surface area contributed by atoms with Gasteiger partial charge >= 0.3 is 0 Å². The summed E-state index contributed by atoms with van der Waals surface area (Å²) in [7, 11) is 0. The number of rotatable bonds is 5. The average Bonchev–Trinajstić information content (AvgIpc) is 2.75. The molecule has 2 rings (SSSR count). The molecule has 0 radical (unpaired) electrons. The number of benzene rings is 1. The zero-order chi connectivity index (χ0) is 14.5. The summed E-state index contributed by atoms with van der Waals surface area (Å²) in [5.41, 5.74) is 3.70. The highest BCUT2D eigenvalue weighted by molar-refractivity contribution is 6.03. The molecule has 1 aliphatic heterocycles. The molecule has 1 atom stereocenters. The van der Waals surface area contributed by atoms with Gasteiger partial charge in [0.1, 0.15) is 0 Å². The van der Waals surface area contributed by atoms with Gasteiger partial charge in [-0.15, -0.1) is 0 Å². The predicted molar refractivity (Wildman–Crippen MR) is 70.5 cm³/mol. The van der Waals surface area contributed by atoms with Gasteiger partial charge in [-0.1, -0.05) is 12.1 Å². The van der Waals surface area contributed by atoms with Gasteiger partial charge in [0.05, 0.1) is 12.5 Å². The van der Waals surface area contributed by atoms with Crippen molar-refractivity contribution in [1.29, 1.82) is 0 Å². The van der Waals surface area contributed by atoms with Gasteiger partial charge in [-0.3, -0.25) is 24.5 Å². The van der Waals surface area contributed by atoms with Crippen LogP contribution in [0.5, 0.6) is 0 Å². The summed E-state index contributed by atoms with van der Waals surface area (Å²) in [5, 5.41) is 2.28. The second-order valence-electron chi connectivity index (χ2n) is 4.58. The summed E-state index contributed by atoms with van der Waals surface area (Å²) in [4.78, 5) is 39.0. The van der Waals surface area contributed by atoms with E-state index in [1.807, 2.05) is 0 Å². The number of nitrogens with one attached hydrogen (secondary N) is 2. The standard InChI is InChI=1S/C14H16N2O4/c1-2-20-16-14(19)10-5-3-9(4-6-10)7-11-8-12(17)15-13(11)18/h3-6,11H,2,7-8H2,1H3,(H,16,19)(H,15,17,18)/t11-/m0/s1. The smallest absolute Gasteiger partial charge is 0.274 e. The van der Waals surface area contributed by atoms with E-state index in [-0.39, 0.29) is 30.1 Å². The fourth-order valence-electron chi connectivity index (χ4n) is 2.05. The number of hydrogen-bond donors (Lipinski definition) is 2. The van der Waals surface area contributed by atoms with Crippen molar-refractivity contribution in [2.75, 3.05) is 6.61 Å². The van der Waals surface area contributed by atoms with E-state index in [4.69, 9.17) is 4.84 Å². The Bertz CT molecular complexity index is 524. The lowest BCUT2D eigenvalue weighted by molar-refractivity contribution is -0.125. The van der Waals surface area contributed by atoms with E-state index < -0.39 is 0 Å². The Morgan fingerprint density at radius 3 is 2.60 bits per heavy atom. The normalized spacial score (nSPS) is 17.9. The van der Waals surface area contributed by atoms with Crippen LogP contribution in [0, 0.1) is 5.92 Å². The maximum Gasteiger partial charge on any atom is 0.274 e. The van der Waals surface area contributed by atoms with Crippen LogP contribution in [-0.2, 0) is 20.8 Å². The van der Waals surface area contributed by atoms with Gasteiger partial charge in [0.25, 0.3) is 5.91 Å². The van der Waals surface area contributed by atoms with Crippen LogP contribution in [0.1, 0.15) is 29.3 Å². The average molecular weight is 276 g/mol. The predicted octanol–water partition coefficient (Wildman–Crippen LogP) is 0.573. The van der Waals surface area contributed by atoms with Crippen molar-refractivity contribution < 1.29 is 19.2 Å². The molecule has 1 aromatic rings. The first-order valence-corrected chi connectivity index (χ1v) is 6.45. The molecular weight excluding hydrogens is 260 g/mol. The highest BCUT2D eigenvalue weighted by Crippen LogP contribution is 2.17. The van der Waals surface area contributed by atoms with E-state index in [1.165, 1.54) is 0 Å². The third-order valence-electron chi connectivity index (χ3n) is 3.07. The lowest BCUT2D eigenvalue weighted by Gasteiger charge is -2.07.